The molecule has 0 saturated carbocycles. The second-order valence-electron chi connectivity index (χ2n) is 11.3. The average molecular weight is 660 g/mol. The molecule has 13 heteroatoms. The van der Waals surface area contributed by atoms with E-state index in [0.29, 0.717) is 59.0 Å². The number of ketones is 1. The zero-order chi connectivity index (χ0) is 34.1. The molecule has 1 unspecified atom stereocenters. The van der Waals surface area contributed by atoms with Crippen LogP contribution >= 0.6 is 0 Å². The van der Waals surface area contributed by atoms with Crippen molar-refractivity contribution >= 4 is 29.9 Å². The van der Waals surface area contributed by atoms with E-state index in [4.69, 9.17) is 34.9 Å². The molecule has 1 radical (unpaired) electrons. The number of carboxylic acid groups (broad SMARTS) is 2. The van der Waals surface area contributed by atoms with Gasteiger partial charge in [-0.25, -0.2) is 0 Å². The summed E-state index contributed by atoms with van der Waals surface area (Å²) in [4.78, 5) is 56.0. The number of Topliss-reactive ketones (excluding diaryl/α,β-unsaturated/α-hetero) is 1. The quantitative estimate of drug-likeness (QED) is 0.0714. The van der Waals surface area contributed by atoms with Crippen molar-refractivity contribution in [2.24, 2.45) is 11.7 Å². The number of unbranched alkanes of at least 4 members (excludes halogenated alkanes) is 12. The second-order valence-corrected chi connectivity index (χ2v) is 11.3. The summed E-state index contributed by atoms with van der Waals surface area (Å²) >= 11 is 0. The zero-order valence-electron chi connectivity index (χ0n) is 27.7. The molecule has 0 saturated heterocycles. The van der Waals surface area contributed by atoms with Crippen LogP contribution in [0.25, 0.3) is 0 Å². The minimum atomic E-state index is -1.45. The van der Waals surface area contributed by atoms with Gasteiger partial charge in [0.25, 0.3) is 0 Å². The van der Waals surface area contributed by atoms with Crippen LogP contribution in [0.1, 0.15) is 109 Å². The first-order valence-electron chi connectivity index (χ1n) is 16.9. The third-order valence-electron chi connectivity index (χ3n) is 7.41. The average Bonchev–Trinajstić information content (AvgIpc) is 3.02. The number of aliphatic carboxylic acids is 2. The summed E-state index contributed by atoms with van der Waals surface area (Å²) in [5.74, 6) is -3.55. The SMILES string of the molecule is N[C@H](C(=O)O)C(C[C]=O)C(=O)CCOCCOCCOCCOCCNC(=O)CCCCCCCCCCCCCCCC(=O)O. The maximum absolute atomic E-state index is 12.1. The molecule has 0 bridgehead atoms. The van der Waals surface area contributed by atoms with Gasteiger partial charge < -0.3 is 40.2 Å². The van der Waals surface area contributed by atoms with Crippen LogP contribution < -0.4 is 11.1 Å². The number of carbonyl (C=O) groups is 4. The van der Waals surface area contributed by atoms with E-state index in [1.54, 1.807) is 6.29 Å². The van der Waals surface area contributed by atoms with Gasteiger partial charge in [0, 0.05) is 32.2 Å². The highest BCUT2D eigenvalue weighted by Gasteiger charge is 2.30. The highest BCUT2D eigenvalue weighted by Crippen LogP contribution is 2.14. The van der Waals surface area contributed by atoms with E-state index in [1.165, 1.54) is 44.9 Å². The lowest BCUT2D eigenvalue weighted by Gasteiger charge is -2.16. The zero-order valence-corrected chi connectivity index (χ0v) is 27.7. The molecule has 0 aliphatic carbocycles. The van der Waals surface area contributed by atoms with Crippen molar-refractivity contribution in [1.82, 2.24) is 5.32 Å². The molecule has 0 rings (SSSR count). The number of hydrogen-bond acceptors (Lipinski definition) is 10. The largest absolute Gasteiger partial charge is 0.481 e. The first-order valence-corrected chi connectivity index (χ1v) is 16.9. The van der Waals surface area contributed by atoms with E-state index < -0.39 is 29.7 Å². The molecular formula is C33H59N2O11. The molecule has 0 aromatic heterocycles. The monoisotopic (exact) mass is 659 g/mol. The number of ether oxygens (including phenoxy) is 4. The van der Waals surface area contributed by atoms with Crippen LogP contribution in [-0.4, -0.2) is 106 Å². The molecule has 0 aromatic rings. The van der Waals surface area contributed by atoms with Gasteiger partial charge >= 0.3 is 11.9 Å². The first kappa shape index (κ1) is 43.5. The van der Waals surface area contributed by atoms with E-state index in [1.807, 2.05) is 0 Å². The number of carboxylic acids is 2. The topological polar surface area (TPSA) is 201 Å². The number of rotatable bonds is 36. The minimum absolute atomic E-state index is 0.0509. The molecule has 13 nitrogen and oxygen atoms in total. The van der Waals surface area contributed by atoms with Gasteiger partial charge in [-0.1, -0.05) is 70.6 Å². The van der Waals surface area contributed by atoms with Gasteiger partial charge in [0.2, 0.25) is 5.91 Å². The Morgan fingerprint density at radius 1 is 0.587 bits per heavy atom. The minimum Gasteiger partial charge on any atom is -0.481 e. The normalized spacial score (nSPS) is 12.5. The molecule has 0 spiro atoms. The van der Waals surface area contributed by atoms with Gasteiger partial charge in [0.15, 0.2) is 6.29 Å². The van der Waals surface area contributed by atoms with Crippen molar-refractivity contribution in [2.75, 3.05) is 59.4 Å². The molecule has 0 heterocycles. The number of hydrogen-bond donors (Lipinski definition) is 4. The van der Waals surface area contributed by atoms with E-state index >= 15 is 0 Å². The maximum atomic E-state index is 12.1. The smallest absolute Gasteiger partial charge is 0.321 e. The van der Waals surface area contributed by atoms with Crippen LogP contribution in [0, 0.1) is 5.92 Å². The summed E-state index contributed by atoms with van der Waals surface area (Å²) < 4.78 is 21.6. The second kappa shape index (κ2) is 32.5. The molecule has 0 aliphatic rings. The highest BCUT2D eigenvalue weighted by molar-refractivity contribution is 5.89. The van der Waals surface area contributed by atoms with Gasteiger partial charge in [0.05, 0.1) is 58.8 Å². The number of nitrogens with one attached hydrogen (secondary N) is 1. The van der Waals surface area contributed by atoms with Crippen molar-refractivity contribution in [3.05, 3.63) is 0 Å². The van der Waals surface area contributed by atoms with Crippen LogP contribution in [0.15, 0.2) is 0 Å². The Morgan fingerprint density at radius 3 is 1.43 bits per heavy atom. The number of amides is 1. The van der Waals surface area contributed by atoms with E-state index in [9.17, 15) is 24.0 Å². The highest BCUT2D eigenvalue weighted by atomic mass is 16.6. The molecule has 46 heavy (non-hydrogen) atoms. The Hall–Kier alpha value is -2.45. The Labute approximate surface area is 274 Å². The predicted octanol–water partition coefficient (Wildman–Crippen LogP) is 3.59. The lowest BCUT2D eigenvalue weighted by atomic mass is 9.91. The van der Waals surface area contributed by atoms with Crippen LogP contribution in [0.3, 0.4) is 0 Å². The van der Waals surface area contributed by atoms with Crippen LogP contribution in [-0.2, 0) is 42.9 Å². The maximum Gasteiger partial charge on any atom is 0.321 e. The van der Waals surface area contributed by atoms with Gasteiger partial charge in [-0.2, -0.15) is 0 Å². The fraction of sp³-hybridized carbons (Fsp3) is 0.848. The molecular weight excluding hydrogens is 600 g/mol. The van der Waals surface area contributed by atoms with Crippen LogP contribution in [0.5, 0.6) is 0 Å². The van der Waals surface area contributed by atoms with Crippen LogP contribution in [0.2, 0.25) is 0 Å². The van der Waals surface area contributed by atoms with Crippen molar-refractivity contribution in [1.29, 1.82) is 0 Å². The fourth-order valence-corrected chi connectivity index (χ4v) is 4.68. The lowest BCUT2D eigenvalue weighted by Crippen LogP contribution is -2.42. The Kier molecular flexibility index (Phi) is 30.8. The summed E-state index contributed by atoms with van der Waals surface area (Å²) in [6, 6.07) is -1.45. The molecule has 2 atom stereocenters. The van der Waals surface area contributed by atoms with Crippen molar-refractivity contribution in [3.8, 4) is 0 Å². The van der Waals surface area contributed by atoms with Crippen molar-refractivity contribution in [2.45, 2.75) is 115 Å². The molecule has 0 aliphatic heterocycles. The van der Waals surface area contributed by atoms with Gasteiger partial charge in [-0.3, -0.25) is 24.0 Å². The first-order chi connectivity index (χ1) is 22.3. The Morgan fingerprint density at radius 2 is 1.00 bits per heavy atom. The van der Waals surface area contributed by atoms with Crippen molar-refractivity contribution < 1.29 is 53.1 Å². The molecule has 1 amide bonds. The fourth-order valence-electron chi connectivity index (χ4n) is 4.68. The lowest BCUT2D eigenvalue weighted by molar-refractivity contribution is -0.142. The van der Waals surface area contributed by atoms with E-state index in [0.717, 1.165) is 38.5 Å². The Bertz CT molecular complexity index is 798. The summed E-state index contributed by atoms with van der Waals surface area (Å²) in [7, 11) is 0. The summed E-state index contributed by atoms with van der Waals surface area (Å²) in [6.45, 7) is 3.08. The molecule has 267 valence electrons. The van der Waals surface area contributed by atoms with Gasteiger partial charge in [0.1, 0.15) is 11.8 Å². The summed E-state index contributed by atoms with van der Waals surface area (Å²) in [6.07, 6.45) is 16.8. The van der Waals surface area contributed by atoms with E-state index in [-0.39, 0.29) is 32.0 Å². The summed E-state index contributed by atoms with van der Waals surface area (Å²) in [5, 5.41) is 20.4. The van der Waals surface area contributed by atoms with Gasteiger partial charge in [-0.05, 0) is 12.8 Å². The van der Waals surface area contributed by atoms with Gasteiger partial charge in [-0.15, -0.1) is 0 Å². The predicted molar refractivity (Wildman–Crippen MR) is 172 cm³/mol. The number of nitrogens with two attached hydrogens (primary N) is 1. The number of carbonyl (C=O) groups excluding carboxylic acids is 3. The third kappa shape index (κ3) is 29.0. The molecule has 0 aromatic carbocycles. The third-order valence-corrected chi connectivity index (χ3v) is 7.41. The summed E-state index contributed by atoms with van der Waals surface area (Å²) in [5.41, 5.74) is 5.46. The molecule has 0 fully saturated rings. The van der Waals surface area contributed by atoms with E-state index in [2.05, 4.69) is 5.32 Å². The standard InChI is InChI=1S/C33H59N2O11/c34-32(33(41)42)28(16-19-36)29(37)17-20-43-22-24-45-26-27-46-25-23-44-21-18-35-30(38)14-12-10-8-6-4-2-1-3-5-7-9-11-13-15-31(39)40/h28,32H,1-18,20-27,34H2,(H,35,38)(H,39,40)(H,41,42)/t28?,32-/m0/s1. The van der Waals surface area contributed by atoms with Crippen molar-refractivity contribution in [3.63, 3.8) is 0 Å². The van der Waals surface area contributed by atoms with Crippen LogP contribution in [0.4, 0.5) is 0 Å². The Balaban J connectivity index is 3.36. The molecule has 5 N–H and O–H groups in total.